The van der Waals surface area contributed by atoms with Crippen LogP contribution in [0.4, 0.5) is 0 Å². The molecule has 1 heteroatoms. The van der Waals surface area contributed by atoms with E-state index in [1.54, 1.807) is 0 Å². The van der Waals surface area contributed by atoms with Gasteiger partial charge in [0, 0.05) is 0 Å². The second-order valence-corrected chi connectivity index (χ2v) is 4.07. The first-order chi connectivity index (χ1) is 4.83. The lowest BCUT2D eigenvalue weighted by Gasteiger charge is -2.50. The first-order valence-corrected chi connectivity index (χ1v) is 4.54. The van der Waals surface area contributed by atoms with Crippen molar-refractivity contribution in [1.29, 1.82) is 0 Å². The molecule has 10 heavy (non-hydrogen) atoms. The van der Waals surface area contributed by atoms with E-state index in [0.29, 0.717) is 0 Å². The highest BCUT2D eigenvalue weighted by atomic mass is 14.9. The van der Waals surface area contributed by atoms with Crippen LogP contribution in [0.2, 0.25) is 0 Å². The molecule has 2 aliphatic rings. The van der Waals surface area contributed by atoms with Crippen molar-refractivity contribution < 1.29 is 0 Å². The highest BCUT2D eigenvalue weighted by Gasteiger charge is 2.42. The van der Waals surface area contributed by atoms with E-state index < -0.39 is 0 Å². The molecule has 0 aromatic heterocycles. The maximum atomic E-state index is 3.46. The van der Waals surface area contributed by atoms with Gasteiger partial charge in [-0.1, -0.05) is 13.3 Å². The summed E-state index contributed by atoms with van der Waals surface area (Å²) in [6.07, 6.45) is 5.95. The van der Waals surface area contributed by atoms with E-state index in [9.17, 15) is 0 Å². The molecule has 1 nitrogen and oxygen atoms in total. The Morgan fingerprint density at radius 1 is 1.30 bits per heavy atom. The van der Waals surface area contributed by atoms with Gasteiger partial charge in [-0.05, 0) is 43.7 Å². The van der Waals surface area contributed by atoms with Crippen LogP contribution in [-0.2, 0) is 0 Å². The molecule has 0 bridgehead atoms. The lowest BCUT2D eigenvalue weighted by Crippen LogP contribution is -2.47. The largest absolute Gasteiger partial charge is 0.316 e. The quantitative estimate of drug-likeness (QED) is 0.539. The lowest BCUT2D eigenvalue weighted by molar-refractivity contribution is 0.0273. The van der Waals surface area contributed by atoms with Gasteiger partial charge in [0.1, 0.15) is 0 Å². The minimum absolute atomic E-state index is 0.797. The Hall–Kier alpha value is -0.0400. The summed E-state index contributed by atoms with van der Waals surface area (Å²) in [5, 5.41) is 3.46. The van der Waals surface area contributed by atoms with Gasteiger partial charge in [-0.2, -0.15) is 0 Å². The van der Waals surface area contributed by atoms with Crippen molar-refractivity contribution in [3.8, 4) is 0 Å². The molecule has 1 aliphatic carbocycles. The molecule has 1 spiro atoms. The molecule has 2 fully saturated rings. The number of hydrogen-bond acceptors (Lipinski definition) is 1. The Labute approximate surface area is 63.2 Å². The molecule has 0 radical (unpaired) electrons. The van der Waals surface area contributed by atoms with Gasteiger partial charge in [0.25, 0.3) is 0 Å². The zero-order valence-corrected chi connectivity index (χ0v) is 6.82. The summed E-state index contributed by atoms with van der Waals surface area (Å²) in [6.45, 7) is 4.94. The van der Waals surface area contributed by atoms with Crippen molar-refractivity contribution in [2.24, 2.45) is 11.3 Å². The van der Waals surface area contributed by atoms with E-state index in [4.69, 9.17) is 0 Å². The molecule has 1 N–H and O–H groups in total. The molecule has 1 saturated heterocycles. The third-order valence-electron chi connectivity index (χ3n) is 3.64. The van der Waals surface area contributed by atoms with Crippen molar-refractivity contribution in [3.05, 3.63) is 0 Å². The van der Waals surface area contributed by atoms with Crippen LogP contribution in [0.3, 0.4) is 0 Å². The Morgan fingerprint density at radius 2 is 2.10 bits per heavy atom. The highest BCUT2D eigenvalue weighted by molar-refractivity contribution is 4.95. The zero-order valence-electron chi connectivity index (χ0n) is 6.82. The predicted molar refractivity (Wildman–Crippen MR) is 42.9 cm³/mol. The van der Waals surface area contributed by atoms with Gasteiger partial charge in [-0.3, -0.25) is 0 Å². The fraction of sp³-hybridized carbons (Fsp3) is 1.00. The maximum absolute atomic E-state index is 3.46. The van der Waals surface area contributed by atoms with Gasteiger partial charge >= 0.3 is 0 Å². The molecular weight excluding hydrogens is 122 g/mol. The number of piperidine rings is 1. The molecule has 1 saturated carbocycles. The topological polar surface area (TPSA) is 12.0 Å². The summed E-state index contributed by atoms with van der Waals surface area (Å²) in [5.41, 5.74) is 0.797. The van der Waals surface area contributed by atoms with E-state index in [2.05, 4.69) is 12.2 Å². The predicted octanol–water partition coefficient (Wildman–Crippen LogP) is 1.79. The zero-order chi connectivity index (χ0) is 7.03. The van der Waals surface area contributed by atoms with Gasteiger partial charge in [0.15, 0.2) is 0 Å². The highest BCUT2D eigenvalue weighted by Crippen LogP contribution is 2.50. The van der Waals surface area contributed by atoms with Gasteiger partial charge in [0.2, 0.25) is 0 Å². The standard InChI is InChI=1S/C9H17N/c1-8-7-10-6-5-9(8)3-2-4-9/h8,10H,2-7H2,1H3. The fourth-order valence-electron chi connectivity index (χ4n) is 2.49. The number of nitrogens with one attached hydrogen (secondary N) is 1. The maximum Gasteiger partial charge on any atom is -0.00178 e. The van der Waals surface area contributed by atoms with Gasteiger partial charge in [-0.15, -0.1) is 0 Å². The van der Waals surface area contributed by atoms with E-state index in [1.165, 1.54) is 38.8 Å². The smallest absolute Gasteiger partial charge is 0.00178 e. The average Bonchev–Trinajstić information content (AvgIpc) is 1.85. The summed E-state index contributed by atoms with van der Waals surface area (Å²) in [6, 6.07) is 0. The van der Waals surface area contributed by atoms with Crippen LogP contribution in [0, 0.1) is 11.3 Å². The van der Waals surface area contributed by atoms with E-state index in [-0.39, 0.29) is 0 Å². The summed E-state index contributed by atoms with van der Waals surface area (Å²) in [5.74, 6) is 0.940. The molecule has 0 aromatic carbocycles. The average molecular weight is 139 g/mol. The molecule has 0 amide bonds. The Balaban J connectivity index is 2.03. The van der Waals surface area contributed by atoms with Crippen molar-refractivity contribution in [1.82, 2.24) is 5.32 Å². The fourth-order valence-corrected chi connectivity index (χ4v) is 2.49. The normalized spacial score (nSPS) is 37.5. The summed E-state index contributed by atoms with van der Waals surface area (Å²) in [4.78, 5) is 0. The van der Waals surface area contributed by atoms with Crippen molar-refractivity contribution >= 4 is 0 Å². The number of hydrogen-bond donors (Lipinski definition) is 1. The minimum atomic E-state index is 0.797. The minimum Gasteiger partial charge on any atom is -0.316 e. The van der Waals surface area contributed by atoms with Crippen LogP contribution in [0.15, 0.2) is 0 Å². The van der Waals surface area contributed by atoms with Crippen LogP contribution in [-0.4, -0.2) is 13.1 Å². The van der Waals surface area contributed by atoms with Crippen LogP contribution >= 0.6 is 0 Å². The summed E-state index contributed by atoms with van der Waals surface area (Å²) < 4.78 is 0. The molecule has 1 aliphatic heterocycles. The summed E-state index contributed by atoms with van der Waals surface area (Å²) >= 11 is 0. The van der Waals surface area contributed by atoms with E-state index >= 15 is 0 Å². The Morgan fingerprint density at radius 3 is 2.50 bits per heavy atom. The van der Waals surface area contributed by atoms with Crippen LogP contribution < -0.4 is 5.32 Å². The Bertz CT molecular complexity index is 127. The van der Waals surface area contributed by atoms with Crippen molar-refractivity contribution in [2.45, 2.75) is 32.6 Å². The first-order valence-electron chi connectivity index (χ1n) is 4.54. The molecular formula is C9H17N. The van der Waals surface area contributed by atoms with Gasteiger partial charge in [0.05, 0.1) is 0 Å². The lowest BCUT2D eigenvalue weighted by atomic mass is 9.58. The van der Waals surface area contributed by atoms with Crippen molar-refractivity contribution in [3.63, 3.8) is 0 Å². The monoisotopic (exact) mass is 139 g/mol. The Kier molecular flexibility index (Phi) is 1.48. The molecule has 0 aromatic rings. The van der Waals surface area contributed by atoms with Crippen molar-refractivity contribution in [2.75, 3.05) is 13.1 Å². The molecule has 1 heterocycles. The third kappa shape index (κ3) is 0.800. The van der Waals surface area contributed by atoms with Gasteiger partial charge < -0.3 is 5.32 Å². The second kappa shape index (κ2) is 2.23. The molecule has 2 rings (SSSR count). The summed E-state index contributed by atoms with van der Waals surface area (Å²) in [7, 11) is 0. The van der Waals surface area contributed by atoms with Crippen LogP contribution in [0.25, 0.3) is 0 Å². The third-order valence-corrected chi connectivity index (χ3v) is 3.64. The van der Waals surface area contributed by atoms with Gasteiger partial charge in [-0.25, -0.2) is 0 Å². The molecule has 1 unspecified atom stereocenters. The number of rotatable bonds is 0. The molecule has 1 atom stereocenters. The van der Waals surface area contributed by atoms with Crippen LogP contribution in [0.5, 0.6) is 0 Å². The second-order valence-electron chi connectivity index (χ2n) is 4.07. The SMILES string of the molecule is CC1CNCCC12CCC2. The molecule has 58 valence electrons. The van der Waals surface area contributed by atoms with E-state index in [1.807, 2.05) is 0 Å². The van der Waals surface area contributed by atoms with Crippen LogP contribution in [0.1, 0.15) is 32.6 Å². The first kappa shape index (κ1) is 6.66. The van der Waals surface area contributed by atoms with E-state index in [0.717, 1.165) is 11.3 Å².